The van der Waals surface area contributed by atoms with Crippen molar-refractivity contribution < 1.29 is 22.5 Å². The third-order valence-electron chi connectivity index (χ3n) is 5.77. The molecular formula is C25H21F2N3O3. The van der Waals surface area contributed by atoms with Gasteiger partial charge in [-0.1, -0.05) is 17.3 Å². The van der Waals surface area contributed by atoms with Gasteiger partial charge in [-0.25, -0.2) is 13.8 Å². The molecule has 0 aliphatic carbocycles. The standard InChI is InChI=1S/C25H21F2N3O3/c26-18-8-4-16(5-9-18)13-20-15-28-24(32-20)22-3-1-2-12-30(22)25(31)23-14-21(29-33-23)17-6-10-19(27)11-7-17/h4-11,14-15,22H,1-3,12-13H2. The minimum Gasteiger partial charge on any atom is -0.443 e. The zero-order valence-electron chi connectivity index (χ0n) is 17.7. The first kappa shape index (κ1) is 21.1. The van der Waals surface area contributed by atoms with Crippen LogP contribution in [0.3, 0.4) is 0 Å². The minimum atomic E-state index is -0.348. The van der Waals surface area contributed by atoms with E-state index < -0.39 is 0 Å². The molecule has 0 N–H and O–H groups in total. The maximum atomic E-state index is 13.2. The van der Waals surface area contributed by atoms with Gasteiger partial charge in [0.15, 0.2) is 0 Å². The van der Waals surface area contributed by atoms with Crippen LogP contribution in [0.1, 0.15) is 53.1 Å². The molecule has 0 spiro atoms. The molecule has 8 heteroatoms. The number of aromatic nitrogens is 2. The van der Waals surface area contributed by atoms with Gasteiger partial charge in [0.25, 0.3) is 5.91 Å². The summed E-state index contributed by atoms with van der Waals surface area (Å²) < 4.78 is 37.6. The number of likely N-dealkylation sites (tertiary alicyclic amines) is 1. The van der Waals surface area contributed by atoms with Gasteiger partial charge in [0.05, 0.1) is 6.20 Å². The average molecular weight is 449 g/mol. The fourth-order valence-corrected chi connectivity index (χ4v) is 4.07. The van der Waals surface area contributed by atoms with Crippen molar-refractivity contribution in [2.75, 3.05) is 6.54 Å². The third kappa shape index (κ3) is 4.55. The highest BCUT2D eigenvalue weighted by Crippen LogP contribution is 2.33. The SMILES string of the molecule is O=C(c1cc(-c2ccc(F)cc2)no1)N1CCCCC1c1ncc(Cc2ccc(F)cc2)o1. The molecular weight excluding hydrogens is 428 g/mol. The molecule has 6 nitrogen and oxygen atoms in total. The average Bonchev–Trinajstić information content (AvgIpc) is 3.51. The lowest BCUT2D eigenvalue weighted by atomic mass is 10.0. The van der Waals surface area contributed by atoms with Gasteiger partial charge in [-0.3, -0.25) is 4.79 Å². The van der Waals surface area contributed by atoms with Gasteiger partial charge in [-0.05, 0) is 61.2 Å². The summed E-state index contributed by atoms with van der Waals surface area (Å²) >= 11 is 0. The van der Waals surface area contributed by atoms with Crippen molar-refractivity contribution in [1.82, 2.24) is 15.0 Å². The van der Waals surface area contributed by atoms with Crippen LogP contribution in [0.25, 0.3) is 11.3 Å². The van der Waals surface area contributed by atoms with Gasteiger partial charge in [-0.2, -0.15) is 0 Å². The van der Waals surface area contributed by atoms with Gasteiger partial charge in [0.1, 0.15) is 29.1 Å². The summed E-state index contributed by atoms with van der Waals surface area (Å²) in [7, 11) is 0. The quantitative estimate of drug-likeness (QED) is 0.399. The molecule has 1 aliphatic rings. The van der Waals surface area contributed by atoms with Crippen molar-refractivity contribution >= 4 is 5.91 Å². The van der Waals surface area contributed by atoms with E-state index in [0.717, 1.165) is 24.8 Å². The number of hydrogen-bond donors (Lipinski definition) is 0. The van der Waals surface area contributed by atoms with Crippen molar-refractivity contribution in [1.29, 1.82) is 0 Å². The fraction of sp³-hybridized carbons (Fsp3) is 0.240. The number of piperidine rings is 1. The van der Waals surface area contributed by atoms with Crippen LogP contribution in [0.4, 0.5) is 8.78 Å². The smallest absolute Gasteiger partial charge is 0.293 e. The number of hydrogen-bond acceptors (Lipinski definition) is 5. The lowest BCUT2D eigenvalue weighted by Crippen LogP contribution is -2.38. The third-order valence-corrected chi connectivity index (χ3v) is 5.77. The van der Waals surface area contributed by atoms with Crippen LogP contribution < -0.4 is 0 Å². The Morgan fingerprint density at radius 2 is 1.76 bits per heavy atom. The van der Waals surface area contributed by atoms with E-state index in [-0.39, 0.29) is 29.3 Å². The molecule has 1 amide bonds. The largest absolute Gasteiger partial charge is 0.443 e. The summed E-state index contributed by atoms with van der Waals surface area (Å²) in [6.45, 7) is 0.547. The molecule has 3 heterocycles. The van der Waals surface area contributed by atoms with Gasteiger partial charge in [-0.15, -0.1) is 0 Å². The normalized spacial score (nSPS) is 16.2. The molecule has 0 saturated carbocycles. The van der Waals surface area contributed by atoms with Crippen LogP contribution in [0.15, 0.2) is 69.7 Å². The summed E-state index contributed by atoms with van der Waals surface area (Å²) in [5.74, 6) is 0.298. The Morgan fingerprint density at radius 1 is 1.03 bits per heavy atom. The number of rotatable bonds is 5. The monoisotopic (exact) mass is 449 g/mol. The summed E-state index contributed by atoms with van der Waals surface area (Å²) in [6, 6.07) is 13.3. The summed E-state index contributed by atoms with van der Waals surface area (Å²) in [5, 5.41) is 3.98. The predicted octanol–water partition coefficient (Wildman–Crippen LogP) is 5.57. The van der Waals surface area contributed by atoms with Crippen LogP contribution >= 0.6 is 0 Å². The first-order chi connectivity index (χ1) is 16.1. The molecule has 1 saturated heterocycles. The second-order valence-electron chi connectivity index (χ2n) is 8.06. The maximum Gasteiger partial charge on any atom is 0.293 e. The number of amides is 1. The van der Waals surface area contributed by atoms with Crippen LogP contribution in [-0.4, -0.2) is 27.5 Å². The first-order valence-electron chi connectivity index (χ1n) is 10.8. The number of oxazole rings is 1. The minimum absolute atomic E-state index is 0.110. The lowest BCUT2D eigenvalue weighted by molar-refractivity contribution is 0.0528. The van der Waals surface area contributed by atoms with E-state index in [1.807, 2.05) is 0 Å². The number of halogens is 2. The van der Waals surface area contributed by atoms with Crippen LogP contribution in [0.2, 0.25) is 0 Å². The van der Waals surface area contributed by atoms with Crippen molar-refractivity contribution in [2.45, 2.75) is 31.7 Å². The number of carbonyl (C=O) groups excluding carboxylic acids is 1. The highest BCUT2D eigenvalue weighted by atomic mass is 19.1. The molecule has 2 aromatic heterocycles. The predicted molar refractivity (Wildman–Crippen MR) is 115 cm³/mol. The summed E-state index contributed by atoms with van der Waals surface area (Å²) in [4.78, 5) is 19.4. The van der Waals surface area contributed by atoms with Gasteiger partial charge < -0.3 is 13.8 Å². The Kier molecular flexibility index (Phi) is 5.73. The van der Waals surface area contributed by atoms with Crippen molar-refractivity contribution in [2.24, 2.45) is 0 Å². The Hall–Kier alpha value is -3.81. The van der Waals surface area contributed by atoms with E-state index in [1.165, 1.54) is 24.3 Å². The number of nitrogens with zero attached hydrogens (tertiary/aromatic N) is 3. The molecule has 33 heavy (non-hydrogen) atoms. The van der Waals surface area contributed by atoms with Gasteiger partial charge in [0.2, 0.25) is 11.7 Å². The van der Waals surface area contributed by atoms with Gasteiger partial charge in [0, 0.05) is 24.6 Å². The van der Waals surface area contributed by atoms with Crippen LogP contribution in [0, 0.1) is 11.6 Å². The molecule has 0 bridgehead atoms. The molecule has 4 aromatic rings. The second-order valence-corrected chi connectivity index (χ2v) is 8.06. The zero-order valence-corrected chi connectivity index (χ0v) is 17.7. The molecule has 168 valence electrons. The van der Waals surface area contributed by atoms with E-state index >= 15 is 0 Å². The highest BCUT2D eigenvalue weighted by Gasteiger charge is 2.33. The van der Waals surface area contributed by atoms with E-state index in [2.05, 4.69) is 10.1 Å². The Labute approximate surface area is 188 Å². The molecule has 1 unspecified atom stereocenters. The molecule has 1 aliphatic heterocycles. The summed E-state index contributed by atoms with van der Waals surface area (Å²) in [6.07, 6.45) is 4.67. The van der Waals surface area contributed by atoms with Crippen molar-refractivity contribution in [3.05, 3.63) is 95.4 Å². The van der Waals surface area contributed by atoms with E-state index in [9.17, 15) is 13.6 Å². The number of carbonyl (C=O) groups is 1. The van der Waals surface area contributed by atoms with Crippen molar-refractivity contribution in [3.8, 4) is 11.3 Å². The Morgan fingerprint density at radius 3 is 2.52 bits per heavy atom. The van der Waals surface area contributed by atoms with E-state index in [1.54, 1.807) is 41.4 Å². The number of benzene rings is 2. The topological polar surface area (TPSA) is 72.4 Å². The highest BCUT2D eigenvalue weighted by molar-refractivity contribution is 5.92. The Balaban J connectivity index is 1.34. The molecule has 1 atom stereocenters. The first-order valence-corrected chi connectivity index (χ1v) is 10.8. The molecule has 1 fully saturated rings. The summed E-state index contributed by atoms with van der Waals surface area (Å²) in [5.41, 5.74) is 2.03. The van der Waals surface area contributed by atoms with Gasteiger partial charge >= 0.3 is 0 Å². The second kappa shape index (κ2) is 8.97. The molecule has 2 aromatic carbocycles. The maximum absolute atomic E-state index is 13.2. The fourth-order valence-electron chi connectivity index (χ4n) is 4.07. The van der Waals surface area contributed by atoms with Crippen LogP contribution in [0.5, 0.6) is 0 Å². The zero-order chi connectivity index (χ0) is 22.8. The molecule has 5 rings (SSSR count). The Bertz CT molecular complexity index is 1250. The van der Waals surface area contributed by atoms with Crippen LogP contribution in [-0.2, 0) is 6.42 Å². The molecule has 0 radical (unpaired) electrons. The van der Waals surface area contributed by atoms with E-state index in [4.69, 9.17) is 8.94 Å². The van der Waals surface area contributed by atoms with E-state index in [0.29, 0.717) is 35.9 Å². The van der Waals surface area contributed by atoms with Crippen molar-refractivity contribution in [3.63, 3.8) is 0 Å². The lowest BCUT2D eigenvalue weighted by Gasteiger charge is -2.32.